The van der Waals surface area contributed by atoms with E-state index in [0.717, 1.165) is 38.0 Å². The van der Waals surface area contributed by atoms with Gasteiger partial charge in [0.05, 0.1) is 5.60 Å². The quantitative estimate of drug-likeness (QED) is 0.745. The Morgan fingerprint density at radius 1 is 1.09 bits per heavy atom. The normalized spacial score (nSPS) is 15.2. The van der Waals surface area contributed by atoms with E-state index in [1.54, 1.807) is 7.11 Å². The number of aromatic nitrogens is 1. The third kappa shape index (κ3) is 6.69. The molecule has 0 saturated carbocycles. The topological polar surface area (TPSA) is 42.4 Å². The first-order valence-electron chi connectivity index (χ1n) is 8.30. The third-order valence-electron chi connectivity index (χ3n) is 3.90. The van der Waals surface area contributed by atoms with E-state index in [0.29, 0.717) is 0 Å². The van der Waals surface area contributed by atoms with Crippen LogP contribution < -0.4 is 0 Å². The highest BCUT2D eigenvalue weighted by molar-refractivity contribution is 5.47. The van der Waals surface area contributed by atoms with E-state index < -0.39 is 0 Å². The maximum atomic E-state index is 10.8. The molecular formula is C19H32N2O2. The zero-order chi connectivity index (χ0) is 17.7. The Bertz CT molecular complexity index is 513. The van der Waals surface area contributed by atoms with Gasteiger partial charge in [0, 0.05) is 43.4 Å². The maximum absolute atomic E-state index is 10.8. The Morgan fingerprint density at radius 3 is 2.13 bits per heavy atom. The summed E-state index contributed by atoms with van der Waals surface area (Å²) in [6.45, 7) is 14.2. The van der Waals surface area contributed by atoms with Gasteiger partial charge in [-0.25, -0.2) is 0 Å². The highest BCUT2D eigenvalue weighted by Crippen LogP contribution is 2.23. The minimum atomic E-state index is 0.0417. The van der Waals surface area contributed by atoms with Crippen molar-refractivity contribution in [2.24, 2.45) is 0 Å². The van der Waals surface area contributed by atoms with Crippen LogP contribution in [0.25, 0.3) is 0 Å². The van der Waals surface area contributed by atoms with E-state index >= 15 is 0 Å². The van der Waals surface area contributed by atoms with Gasteiger partial charge in [-0.2, -0.15) is 0 Å². The van der Waals surface area contributed by atoms with Gasteiger partial charge in [0.2, 0.25) is 6.41 Å². The number of hydrogen-bond donors (Lipinski definition) is 0. The number of ether oxygens (including phenoxy) is 1. The molecule has 1 aliphatic rings. The molecule has 0 N–H and O–H groups in total. The molecule has 2 heterocycles. The maximum Gasteiger partial charge on any atom is 0.209 e. The molecular weight excluding hydrogens is 288 g/mol. The van der Waals surface area contributed by atoms with Crippen molar-refractivity contribution < 1.29 is 9.53 Å². The van der Waals surface area contributed by atoms with Gasteiger partial charge >= 0.3 is 0 Å². The number of carbonyl (C=O) groups excluding carboxylic acids is 1. The number of fused-ring (bicyclic) bond motifs is 1. The lowest BCUT2D eigenvalue weighted by atomic mass is 9.90. The molecule has 4 heteroatoms. The van der Waals surface area contributed by atoms with E-state index in [-0.39, 0.29) is 11.0 Å². The van der Waals surface area contributed by atoms with Crippen molar-refractivity contribution in [3.8, 4) is 0 Å². The fraction of sp³-hybridized carbons (Fsp3) is 0.684. The van der Waals surface area contributed by atoms with Gasteiger partial charge in [0.1, 0.15) is 0 Å². The summed E-state index contributed by atoms with van der Waals surface area (Å²) in [6, 6.07) is 4.30. The molecule has 0 atom stereocenters. The van der Waals surface area contributed by atoms with Crippen LogP contribution >= 0.6 is 0 Å². The number of pyridine rings is 1. The van der Waals surface area contributed by atoms with Crippen LogP contribution in [0.1, 0.15) is 58.5 Å². The van der Waals surface area contributed by atoms with Crippen LogP contribution in [-0.2, 0) is 27.8 Å². The van der Waals surface area contributed by atoms with Crippen molar-refractivity contribution in [3.63, 3.8) is 0 Å². The van der Waals surface area contributed by atoms with Crippen molar-refractivity contribution in [2.45, 2.75) is 65.4 Å². The first kappa shape index (κ1) is 19.6. The highest BCUT2D eigenvalue weighted by atomic mass is 16.5. The van der Waals surface area contributed by atoms with Crippen LogP contribution in [0.3, 0.4) is 0 Å². The molecule has 0 fully saturated rings. The van der Waals surface area contributed by atoms with Gasteiger partial charge in [-0.3, -0.25) is 9.78 Å². The molecule has 0 aliphatic carbocycles. The number of rotatable bonds is 1. The van der Waals surface area contributed by atoms with Gasteiger partial charge in [-0.1, -0.05) is 26.8 Å². The molecule has 1 aromatic rings. The predicted molar refractivity (Wildman–Crippen MR) is 94.7 cm³/mol. The number of hydrogen-bond acceptors (Lipinski definition) is 3. The summed E-state index contributed by atoms with van der Waals surface area (Å²) in [4.78, 5) is 17.4. The van der Waals surface area contributed by atoms with Crippen molar-refractivity contribution in [1.82, 2.24) is 9.88 Å². The first-order chi connectivity index (χ1) is 10.6. The second-order valence-corrected chi connectivity index (χ2v) is 8.01. The minimum absolute atomic E-state index is 0.0417. The van der Waals surface area contributed by atoms with Crippen molar-refractivity contribution >= 4 is 6.41 Å². The standard InChI is InChI=1S/C14H20N2O.C5H12O/c1-14(2,3)13-5-4-11-6-8-16(10-17)9-7-12(11)15-13;1-5(2,3)6-4/h4-5,10H,6-9H2,1-3H3;1-4H3. The molecule has 0 bridgehead atoms. The van der Waals surface area contributed by atoms with Crippen LogP contribution in [0.15, 0.2) is 12.1 Å². The molecule has 23 heavy (non-hydrogen) atoms. The molecule has 0 saturated heterocycles. The molecule has 0 radical (unpaired) electrons. The van der Waals surface area contributed by atoms with Gasteiger partial charge in [-0.15, -0.1) is 0 Å². The van der Waals surface area contributed by atoms with Crippen LogP contribution in [0.4, 0.5) is 0 Å². The minimum Gasteiger partial charge on any atom is -0.379 e. The highest BCUT2D eigenvalue weighted by Gasteiger charge is 2.19. The van der Waals surface area contributed by atoms with Crippen LogP contribution in [-0.4, -0.2) is 42.1 Å². The number of nitrogens with zero attached hydrogens (tertiary/aromatic N) is 2. The van der Waals surface area contributed by atoms with Gasteiger partial charge in [-0.05, 0) is 38.8 Å². The fourth-order valence-electron chi connectivity index (χ4n) is 2.12. The van der Waals surface area contributed by atoms with E-state index in [9.17, 15) is 4.79 Å². The zero-order valence-corrected chi connectivity index (χ0v) is 15.8. The fourth-order valence-corrected chi connectivity index (χ4v) is 2.12. The summed E-state index contributed by atoms with van der Waals surface area (Å²) in [5, 5.41) is 0. The molecule has 2 rings (SSSR count). The number of carbonyl (C=O) groups is 1. The second-order valence-electron chi connectivity index (χ2n) is 8.01. The van der Waals surface area contributed by atoms with Crippen molar-refractivity contribution in [2.75, 3.05) is 20.2 Å². The summed E-state index contributed by atoms with van der Waals surface area (Å²) < 4.78 is 4.94. The smallest absolute Gasteiger partial charge is 0.209 e. The van der Waals surface area contributed by atoms with Gasteiger partial charge in [0.25, 0.3) is 0 Å². The Hall–Kier alpha value is -1.42. The molecule has 0 aromatic carbocycles. The molecule has 1 aromatic heterocycles. The largest absolute Gasteiger partial charge is 0.379 e. The SMILES string of the molecule is CC(C)(C)c1ccc2c(n1)CCN(C=O)CC2.COC(C)(C)C. The summed E-state index contributed by atoms with van der Waals surface area (Å²) in [5.41, 5.74) is 3.73. The molecule has 1 amide bonds. The molecule has 0 spiro atoms. The average Bonchev–Trinajstić information content (AvgIpc) is 2.67. The van der Waals surface area contributed by atoms with E-state index in [1.807, 2.05) is 25.7 Å². The lowest BCUT2D eigenvalue weighted by Gasteiger charge is -2.19. The summed E-state index contributed by atoms with van der Waals surface area (Å²) >= 11 is 0. The van der Waals surface area contributed by atoms with Crippen LogP contribution in [0, 0.1) is 0 Å². The molecule has 4 nitrogen and oxygen atoms in total. The Kier molecular flexibility index (Phi) is 6.75. The van der Waals surface area contributed by atoms with E-state index in [2.05, 4.69) is 32.9 Å². The molecule has 0 unspecified atom stereocenters. The average molecular weight is 320 g/mol. The van der Waals surface area contributed by atoms with Crippen LogP contribution in [0.2, 0.25) is 0 Å². The molecule has 1 aliphatic heterocycles. The van der Waals surface area contributed by atoms with Gasteiger partial charge in [0.15, 0.2) is 0 Å². The van der Waals surface area contributed by atoms with E-state index in [1.165, 1.54) is 11.3 Å². The summed E-state index contributed by atoms with van der Waals surface area (Å²) in [7, 11) is 1.71. The van der Waals surface area contributed by atoms with E-state index in [4.69, 9.17) is 9.72 Å². The van der Waals surface area contributed by atoms with Crippen molar-refractivity contribution in [3.05, 3.63) is 29.1 Å². The first-order valence-corrected chi connectivity index (χ1v) is 8.30. The Morgan fingerprint density at radius 2 is 1.65 bits per heavy atom. The monoisotopic (exact) mass is 320 g/mol. The Labute approximate surface area is 141 Å². The zero-order valence-electron chi connectivity index (χ0n) is 15.8. The summed E-state index contributed by atoms with van der Waals surface area (Å²) in [5.74, 6) is 0. The second kappa shape index (κ2) is 7.91. The number of amides is 1. The Balaban J connectivity index is 0.000000379. The third-order valence-corrected chi connectivity index (χ3v) is 3.90. The predicted octanol–water partition coefficient (Wildman–Crippen LogP) is 3.37. The molecule has 130 valence electrons. The van der Waals surface area contributed by atoms with Crippen LogP contribution in [0.5, 0.6) is 0 Å². The van der Waals surface area contributed by atoms with Gasteiger partial charge < -0.3 is 9.64 Å². The lowest BCUT2D eigenvalue weighted by Crippen LogP contribution is -2.24. The number of methoxy groups -OCH3 is 1. The summed E-state index contributed by atoms with van der Waals surface area (Å²) in [6.07, 6.45) is 2.74. The lowest BCUT2D eigenvalue weighted by molar-refractivity contribution is -0.118. The van der Waals surface area contributed by atoms with Crippen molar-refractivity contribution in [1.29, 1.82) is 0 Å².